The average Bonchev–Trinajstić information content (AvgIpc) is 3.54. The summed E-state index contributed by atoms with van der Waals surface area (Å²) in [7, 11) is 0. The van der Waals surface area contributed by atoms with Crippen LogP contribution in [0.25, 0.3) is 11.7 Å². The Labute approximate surface area is 251 Å². The lowest BCUT2D eigenvalue weighted by molar-refractivity contribution is -0.137. The lowest BCUT2D eigenvalue weighted by Crippen LogP contribution is -2.47. The summed E-state index contributed by atoms with van der Waals surface area (Å²) in [5.41, 5.74) is 2.64. The van der Waals surface area contributed by atoms with Crippen molar-refractivity contribution in [1.82, 2.24) is 19.2 Å². The molecular formula is C29H29N5O6S2. The van der Waals surface area contributed by atoms with Crippen molar-refractivity contribution in [2.24, 2.45) is 0 Å². The van der Waals surface area contributed by atoms with Crippen molar-refractivity contribution in [1.29, 1.82) is 0 Å². The molecule has 2 saturated heterocycles. The van der Waals surface area contributed by atoms with Gasteiger partial charge in [0.25, 0.3) is 11.5 Å². The van der Waals surface area contributed by atoms with Crippen LogP contribution in [0.1, 0.15) is 29.5 Å². The third-order valence-electron chi connectivity index (χ3n) is 7.42. The summed E-state index contributed by atoms with van der Waals surface area (Å²) in [6, 6.07) is 9.73. The van der Waals surface area contributed by atoms with Gasteiger partial charge in [0.15, 0.2) is 11.5 Å². The van der Waals surface area contributed by atoms with E-state index in [0.29, 0.717) is 39.3 Å². The van der Waals surface area contributed by atoms with E-state index in [0.717, 1.165) is 54.0 Å². The number of fused-ring (bicyclic) bond motifs is 2. The molecule has 2 aromatic heterocycles. The highest BCUT2D eigenvalue weighted by atomic mass is 32.2. The summed E-state index contributed by atoms with van der Waals surface area (Å²) >= 11 is 6.54. The number of thioether (sulfide) groups is 1. The molecule has 3 aromatic rings. The summed E-state index contributed by atoms with van der Waals surface area (Å²) in [4.78, 5) is 49.1. The molecule has 42 heavy (non-hydrogen) atoms. The van der Waals surface area contributed by atoms with E-state index in [1.165, 1.54) is 9.30 Å². The Hall–Kier alpha value is -3.94. The zero-order valence-corrected chi connectivity index (χ0v) is 24.6. The van der Waals surface area contributed by atoms with Gasteiger partial charge >= 0.3 is 5.97 Å². The van der Waals surface area contributed by atoms with Crippen LogP contribution in [-0.2, 0) is 16.1 Å². The van der Waals surface area contributed by atoms with Crippen LogP contribution in [0.4, 0.5) is 5.82 Å². The Bertz CT molecular complexity index is 1680. The summed E-state index contributed by atoms with van der Waals surface area (Å²) in [5, 5.41) is 8.97. The molecule has 0 atom stereocenters. The lowest BCUT2D eigenvalue weighted by atomic mass is 10.1. The minimum absolute atomic E-state index is 0.0593. The second-order valence-electron chi connectivity index (χ2n) is 10.4. The smallest absolute Gasteiger partial charge is 0.303 e. The van der Waals surface area contributed by atoms with E-state index in [-0.39, 0.29) is 37.6 Å². The van der Waals surface area contributed by atoms with Gasteiger partial charge in [-0.15, -0.1) is 0 Å². The van der Waals surface area contributed by atoms with Gasteiger partial charge in [-0.2, -0.15) is 0 Å². The monoisotopic (exact) mass is 607 g/mol. The number of benzene rings is 1. The molecule has 13 heteroatoms. The molecule has 6 rings (SSSR count). The number of aromatic nitrogens is 2. The van der Waals surface area contributed by atoms with Gasteiger partial charge in [-0.1, -0.05) is 36.1 Å². The minimum atomic E-state index is -0.929. The number of aliphatic carboxylic acids is 1. The first kappa shape index (κ1) is 28.2. The molecule has 1 N–H and O–H groups in total. The SMILES string of the molecule is Cc1ccc2nc(N3CCN(Cc4ccc5c(c4)OCO5)CC3)c(/C=C3/SC(=S)N(CCCC(=O)O)C3=O)c(=O)n2c1. The molecule has 3 aliphatic heterocycles. The summed E-state index contributed by atoms with van der Waals surface area (Å²) < 4.78 is 12.8. The minimum Gasteiger partial charge on any atom is -0.481 e. The topological polar surface area (TPSA) is 117 Å². The van der Waals surface area contributed by atoms with Crippen LogP contribution in [0.15, 0.2) is 46.2 Å². The highest BCUT2D eigenvalue weighted by Gasteiger charge is 2.33. The molecule has 2 fully saturated rings. The molecule has 0 radical (unpaired) electrons. The van der Waals surface area contributed by atoms with Crippen LogP contribution in [-0.4, -0.2) is 80.0 Å². The number of carboxylic acid groups (broad SMARTS) is 1. The number of nitrogens with zero attached hydrogens (tertiary/aromatic N) is 5. The quantitative estimate of drug-likeness (QED) is 0.301. The summed E-state index contributed by atoms with van der Waals surface area (Å²) in [6.45, 7) is 5.93. The number of thiocarbonyl (C=S) groups is 1. The van der Waals surface area contributed by atoms with Gasteiger partial charge in [0.1, 0.15) is 15.8 Å². The second kappa shape index (κ2) is 11.7. The Morgan fingerprint density at radius 2 is 1.90 bits per heavy atom. The number of carbonyl (C=O) groups is 2. The van der Waals surface area contributed by atoms with Crippen molar-refractivity contribution in [2.75, 3.05) is 44.4 Å². The van der Waals surface area contributed by atoms with E-state index >= 15 is 0 Å². The number of hydrogen-bond acceptors (Lipinski definition) is 10. The highest BCUT2D eigenvalue weighted by molar-refractivity contribution is 8.26. The first-order valence-electron chi connectivity index (χ1n) is 13.6. The number of rotatable bonds is 8. The number of pyridine rings is 1. The Morgan fingerprint density at radius 3 is 2.69 bits per heavy atom. The third kappa shape index (κ3) is 5.72. The van der Waals surface area contributed by atoms with E-state index in [9.17, 15) is 14.4 Å². The fraction of sp³-hybridized carbons (Fsp3) is 0.345. The number of piperazine rings is 1. The van der Waals surface area contributed by atoms with Crippen molar-refractivity contribution in [3.63, 3.8) is 0 Å². The van der Waals surface area contributed by atoms with E-state index in [4.69, 9.17) is 31.8 Å². The van der Waals surface area contributed by atoms with Gasteiger partial charge in [-0.3, -0.25) is 28.6 Å². The predicted molar refractivity (Wildman–Crippen MR) is 163 cm³/mol. The van der Waals surface area contributed by atoms with Crippen LogP contribution >= 0.6 is 24.0 Å². The normalized spacial score (nSPS) is 18.1. The molecule has 5 heterocycles. The molecular weight excluding hydrogens is 578 g/mol. The zero-order valence-electron chi connectivity index (χ0n) is 22.9. The van der Waals surface area contributed by atoms with Gasteiger partial charge in [-0.25, -0.2) is 4.98 Å². The van der Waals surface area contributed by atoms with Gasteiger partial charge in [0, 0.05) is 51.9 Å². The molecule has 11 nitrogen and oxygen atoms in total. The van der Waals surface area contributed by atoms with Gasteiger partial charge in [0.2, 0.25) is 6.79 Å². The average molecular weight is 608 g/mol. The Kier molecular flexibility index (Phi) is 7.88. The zero-order chi connectivity index (χ0) is 29.4. The molecule has 0 spiro atoms. The van der Waals surface area contributed by atoms with Crippen LogP contribution in [0.5, 0.6) is 11.5 Å². The van der Waals surface area contributed by atoms with Crippen molar-refractivity contribution in [3.05, 3.63) is 68.5 Å². The van der Waals surface area contributed by atoms with Crippen LogP contribution in [0.3, 0.4) is 0 Å². The molecule has 3 aliphatic rings. The number of anilines is 1. The standard InChI is InChI=1S/C29H29N5O6S2/c1-18-4-7-24-30-26(32-11-9-31(10-12-32)16-19-5-6-21-22(13-19)40-17-39-21)20(27(37)34(24)15-18)14-23-28(38)33(29(41)42-23)8-2-3-25(35)36/h4-7,13-15H,2-3,8-12,16-17H2,1H3,(H,35,36)/b23-14+. The first-order chi connectivity index (χ1) is 20.3. The maximum atomic E-state index is 13.8. The van der Waals surface area contributed by atoms with Crippen molar-refractivity contribution < 1.29 is 24.2 Å². The Morgan fingerprint density at radius 1 is 1.12 bits per heavy atom. The number of ether oxygens (including phenoxy) is 2. The maximum Gasteiger partial charge on any atom is 0.303 e. The third-order valence-corrected chi connectivity index (χ3v) is 8.80. The molecule has 0 saturated carbocycles. The van der Waals surface area contributed by atoms with E-state index in [2.05, 4.69) is 9.80 Å². The van der Waals surface area contributed by atoms with Crippen LogP contribution in [0, 0.1) is 6.92 Å². The second-order valence-corrected chi connectivity index (χ2v) is 12.0. The summed E-state index contributed by atoms with van der Waals surface area (Å²) in [5.74, 6) is 0.796. The molecule has 218 valence electrons. The van der Waals surface area contributed by atoms with Gasteiger partial charge in [0.05, 0.1) is 10.5 Å². The summed E-state index contributed by atoms with van der Waals surface area (Å²) in [6.07, 6.45) is 3.56. The first-order valence-corrected chi connectivity index (χ1v) is 14.9. The number of aryl methyl sites for hydroxylation is 1. The number of amides is 1. The molecule has 1 aromatic carbocycles. The van der Waals surface area contributed by atoms with E-state index < -0.39 is 5.97 Å². The van der Waals surface area contributed by atoms with E-state index in [1.807, 2.05) is 37.3 Å². The van der Waals surface area contributed by atoms with Crippen LogP contribution in [0.2, 0.25) is 0 Å². The van der Waals surface area contributed by atoms with Crippen molar-refractivity contribution in [2.45, 2.75) is 26.3 Å². The molecule has 0 unspecified atom stereocenters. The molecule has 0 aliphatic carbocycles. The Balaban J connectivity index is 1.26. The number of carboxylic acids is 1. The van der Waals surface area contributed by atoms with E-state index in [1.54, 1.807) is 12.3 Å². The fourth-order valence-electron chi connectivity index (χ4n) is 5.24. The van der Waals surface area contributed by atoms with Gasteiger partial charge < -0.3 is 19.5 Å². The number of carbonyl (C=O) groups excluding carboxylic acids is 1. The number of hydrogen-bond donors (Lipinski definition) is 1. The maximum absolute atomic E-state index is 13.8. The van der Waals surface area contributed by atoms with Crippen molar-refractivity contribution >= 4 is 57.7 Å². The van der Waals surface area contributed by atoms with Crippen LogP contribution < -0.4 is 19.9 Å². The predicted octanol–water partition coefficient (Wildman–Crippen LogP) is 3.12. The van der Waals surface area contributed by atoms with Crippen molar-refractivity contribution in [3.8, 4) is 11.5 Å². The highest BCUT2D eigenvalue weighted by Crippen LogP contribution is 2.35. The lowest BCUT2D eigenvalue weighted by Gasteiger charge is -2.36. The largest absolute Gasteiger partial charge is 0.481 e. The van der Waals surface area contributed by atoms with Gasteiger partial charge in [-0.05, 0) is 48.7 Å². The molecule has 0 bridgehead atoms. The fourth-order valence-corrected chi connectivity index (χ4v) is 6.53. The molecule has 1 amide bonds.